The number of hydrogen-bond donors (Lipinski definition) is 1. The van der Waals surface area contributed by atoms with Crippen molar-refractivity contribution >= 4 is 21.6 Å². The zero-order chi connectivity index (χ0) is 17.5. The summed E-state index contributed by atoms with van der Waals surface area (Å²) in [5.41, 5.74) is 0.773. The monoisotopic (exact) mass is 354 g/mol. The van der Waals surface area contributed by atoms with E-state index in [2.05, 4.69) is 22.2 Å². The second-order valence-corrected chi connectivity index (χ2v) is 9.44. The number of aromatic nitrogens is 2. The Labute approximate surface area is 143 Å². The van der Waals surface area contributed by atoms with E-state index in [0.29, 0.717) is 30.7 Å². The molecular weight excluding hydrogens is 328 g/mol. The third-order valence-electron chi connectivity index (χ3n) is 5.07. The highest BCUT2D eigenvalue weighted by Crippen LogP contribution is 2.34. The lowest BCUT2D eigenvalue weighted by atomic mass is 10.2. The maximum atomic E-state index is 12.4. The Balaban J connectivity index is 1.65. The van der Waals surface area contributed by atoms with E-state index >= 15 is 0 Å². The van der Waals surface area contributed by atoms with Gasteiger partial charge >= 0.3 is 0 Å². The molecule has 2 aliphatic rings. The van der Waals surface area contributed by atoms with Crippen LogP contribution in [0, 0.1) is 12.8 Å². The van der Waals surface area contributed by atoms with Crippen molar-refractivity contribution in [1.29, 1.82) is 0 Å². The predicted molar refractivity (Wildman–Crippen MR) is 92.7 cm³/mol. The van der Waals surface area contributed by atoms with Crippen LogP contribution in [0.5, 0.6) is 0 Å². The molecule has 2 atom stereocenters. The average Bonchev–Trinajstić information content (AvgIpc) is 3.18. The molecule has 0 radical (unpaired) electrons. The third kappa shape index (κ3) is 3.97. The number of amides is 1. The Morgan fingerprint density at radius 3 is 2.75 bits per heavy atom. The van der Waals surface area contributed by atoms with Gasteiger partial charge in [0.05, 0.1) is 29.8 Å². The second kappa shape index (κ2) is 6.48. The topological polar surface area (TPSA) is 84.3 Å². The minimum Gasteiger partial charge on any atom is -0.310 e. The fourth-order valence-electron chi connectivity index (χ4n) is 3.35. The first-order chi connectivity index (χ1) is 11.2. The molecule has 2 unspecified atom stereocenters. The number of nitrogens with zero attached hydrogens (tertiary/aromatic N) is 3. The van der Waals surface area contributed by atoms with E-state index in [4.69, 9.17) is 0 Å². The summed E-state index contributed by atoms with van der Waals surface area (Å²) < 4.78 is 25.1. The van der Waals surface area contributed by atoms with Crippen molar-refractivity contribution < 1.29 is 13.2 Å². The van der Waals surface area contributed by atoms with Crippen molar-refractivity contribution in [3.63, 3.8) is 0 Å². The van der Waals surface area contributed by atoms with E-state index < -0.39 is 9.84 Å². The molecular formula is C16H26N4O3S. The van der Waals surface area contributed by atoms with Crippen LogP contribution in [0.3, 0.4) is 0 Å². The summed E-state index contributed by atoms with van der Waals surface area (Å²) in [5, 5.41) is 7.29. The van der Waals surface area contributed by atoms with Gasteiger partial charge in [-0.3, -0.25) is 9.69 Å². The molecule has 1 aliphatic heterocycles. The van der Waals surface area contributed by atoms with Crippen molar-refractivity contribution in [2.75, 3.05) is 30.4 Å². The molecule has 3 rings (SSSR count). The minimum atomic E-state index is -2.99. The summed E-state index contributed by atoms with van der Waals surface area (Å²) in [6.45, 7) is 4.32. The number of hydrogen-bond acceptors (Lipinski definition) is 5. The fraction of sp³-hybridized carbons (Fsp3) is 0.750. The van der Waals surface area contributed by atoms with E-state index in [1.54, 1.807) is 10.7 Å². The molecule has 7 nitrogen and oxygen atoms in total. The summed E-state index contributed by atoms with van der Waals surface area (Å²) in [4.78, 5) is 14.4. The molecule has 1 aliphatic carbocycles. The molecule has 0 bridgehead atoms. The molecule has 134 valence electrons. The SMILES string of the molecule is Cc1cc(NC(=O)CN(C)C(C)C2CC2)n(C2CCS(=O)(=O)C2)n1. The molecule has 1 amide bonds. The first-order valence-electron chi connectivity index (χ1n) is 8.52. The summed E-state index contributed by atoms with van der Waals surface area (Å²) in [7, 11) is -1.03. The average molecular weight is 354 g/mol. The van der Waals surface area contributed by atoms with Gasteiger partial charge in [0.25, 0.3) is 0 Å². The van der Waals surface area contributed by atoms with Gasteiger partial charge in [0.15, 0.2) is 9.84 Å². The first kappa shape index (κ1) is 17.4. The van der Waals surface area contributed by atoms with E-state index in [-0.39, 0.29) is 23.5 Å². The lowest BCUT2D eigenvalue weighted by Gasteiger charge is -2.24. The highest BCUT2D eigenvalue weighted by Gasteiger charge is 2.32. The van der Waals surface area contributed by atoms with Crippen LogP contribution in [0.15, 0.2) is 6.07 Å². The van der Waals surface area contributed by atoms with Crippen LogP contribution in [0.2, 0.25) is 0 Å². The molecule has 1 aromatic rings. The Hall–Kier alpha value is -1.41. The van der Waals surface area contributed by atoms with E-state index in [1.807, 2.05) is 14.0 Å². The Bertz CT molecular complexity index is 724. The summed E-state index contributed by atoms with van der Waals surface area (Å²) in [5.74, 6) is 1.49. The second-order valence-electron chi connectivity index (χ2n) is 7.21. The van der Waals surface area contributed by atoms with Gasteiger partial charge in [-0.1, -0.05) is 0 Å². The summed E-state index contributed by atoms with van der Waals surface area (Å²) in [6.07, 6.45) is 3.04. The Kier molecular flexibility index (Phi) is 4.70. The molecule has 24 heavy (non-hydrogen) atoms. The van der Waals surface area contributed by atoms with Crippen LogP contribution in [0.1, 0.15) is 37.9 Å². The molecule has 0 spiro atoms. The molecule has 1 saturated heterocycles. The quantitative estimate of drug-likeness (QED) is 0.830. The van der Waals surface area contributed by atoms with E-state index in [0.717, 1.165) is 5.69 Å². The summed E-state index contributed by atoms with van der Waals surface area (Å²) in [6, 6.07) is 2.01. The normalized spacial score (nSPS) is 24.2. The summed E-state index contributed by atoms with van der Waals surface area (Å²) >= 11 is 0. The molecule has 0 aromatic carbocycles. The zero-order valence-electron chi connectivity index (χ0n) is 14.5. The van der Waals surface area contributed by atoms with Gasteiger partial charge in [0.2, 0.25) is 5.91 Å². The van der Waals surface area contributed by atoms with Gasteiger partial charge in [0.1, 0.15) is 5.82 Å². The van der Waals surface area contributed by atoms with Gasteiger partial charge in [-0.25, -0.2) is 13.1 Å². The number of carbonyl (C=O) groups excluding carboxylic acids is 1. The fourth-order valence-corrected chi connectivity index (χ4v) is 5.04. The van der Waals surface area contributed by atoms with Crippen molar-refractivity contribution in [2.24, 2.45) is 5.92 Å². The smallest absolute Gasteiger partial charge is 0.239 e. The molecule has 2 fully saturated rings. The number of nitrogens with one attached hydrogen (secondary N) is 1. The van der Waals surface area contributed by atoms with Crippen LogP contribution in [0.4, 0.5) is 5.82 Å². The highest BCUT2D eigenvalue weighted by atomic mass is 32.2. The minimum absolute atomic E-state index is 0.0907. The van der Waals surface area contributed by atoms with E-state index in [1.165, 1.54) is 12.8 Å². The predicted octanol–water partition coefficient (Wildman–Crippen LogP) is 1.22. The number of rotatable bonds is 6. The molecule has 1 aromatic heterocycles. The standard InChI is InChI=1S/C16H26N4O3S/c1-11-8-15(20(18-11)14-6-7-24(22,23)10-14)17-16(21)9-19(3)12(2)13-4-5-13/h8,12-14H,4-7,9-10H2,1-3H3,(H,17,21). The van der Waals surface area contributed by atoms with Crippen LogP contribution in [0.25, 0.3) is 0 Å². The van der Waals surface area contributed by atoms with Crippen molar-refractivity contribution in [1.82, 2.24) is 14.7 Å². The lowest BCUT2D eigenvalue weighted by Crippen LogP contribution is -2.37. The number of anilines is 1. The van der Waals surface area contributed by atoms with Gasteiger partial charge in [-0.2, -0.15) is 5.10 Å². The van der Waals surface area contributed by atoms with Gasteiger partial charge in [-0.05, 0) is 46.1 Å². The van der Waals surface area contributed by atoms with Gasteiger partial charge in [-0.15, -0.1) is 0 Å². The number of carbonyl (C=O) groups is 1. The maximum absolute atomic E-state index is 12.4. The molecule has 8 heteroatoms. The van der Waals surface area contributed by atoms with Crippen LogP contribution < -0.4 is 5.32 Å². The number of likely N-dealkylation sites (N-methyl/N-ethyl adjacent to an activating group) is 1. The lowest BCUT2D eigenvalue weighted by molar-refractivity contribution is -0.117. The Morgan fingerprint density at radius 2 is 2.17 bits per heavy atom. The molecule has 2 heterocycles. The first-order valence-corrected chi connectivity index (χ1v) is 10.3. The Morgan fingerprint density at radius 1 is 1.46 bits per heavy atom. The van der Waals surface area contributed by atoms with Crippen molar-refractivity contribution in [3.05, 3.63) is 11.8 Å². The molecule has 1 saturated carbocycles. The van der Waals surface area contributed by atoms with Crippen molar-refractivity contribution in [2.45, 2.75) is 45.2 Å². The van der Waals surface area contributed by atoms with Crippen LogP contribution in [-0.2, 0) is 14.6 Å². The highest BCUT2D eigenvalue weighted by molar-refractivity contribution is 7.91. The number of aryl methyl sites for hydroxylation is 1. The van der Waals surface area contributed by atoms with Crippen LogP contribution >= 0.6 is 0 Å². The van der Waals surface area contributed by atoms with E-state index in [9.17, 15) is 13.2 Å². The van der Waals surface area contributed by atoms with Crippen molar-refractivity contribution in [3.8, 4) is 0 Å². The third-order valence-corrected chi connectivity index (χ3v) is 6.82. The molecule has 1 N–H and O–H groups in total. The largest absolute Gasteiger partial charge is 0.310 e. The number of sulfone groups is 1. The maximum Gasteiger partial charge on any atom is 0.239 e. The van der Waals surface area contributed by atoms with Gasteiger partial charge in [0, 0.05) is 12.1 Å². The van der Waals surface area contributed by atoms with Gasteiger partial charge < -0.3 is 5.32 Å². The van der Waals surface area contributed by atoms with Crippen LogP contribution in [-0.4, -0.2) is 60.1 Å². The zero-order valence-corrected chi connectivity index (χ0v) is 15.3.